The van der Waals surface area contributed by atoms with E-state index >= 15 is 0 Å². The zero-order valence-corrected chi connectivity index (χ0v) is 21.1. The summed E-state index contributed by atoms with van der Waals surface area (Å²) in [4.78, 5) is 17.7. The first kappa shape index (κ1) is 25.4. The molecule has 0 bridgehead atoms. The Bertz CT molecular complexity index is 1770. The normalized spacial score (nSPS) is 11.7. The molecule has 2 aromatic heterocycles. The molecule has 0 amide bonds. The monoisotopic (exact) mass is 522 g/mol. The van der Waals surface area contributed by atoms with Crippen molar-refractivity contribution in [1.29, 1.82) is 10.7 Å². The highest BCUT2D eigenvalue weighted by Crippen LogP contribution is 2.40. The molecule has 0 saturated heterocycles. The number of methoxy groups -OCH3 is 1. The number of nitrogens with two attached hydrogens (primary N) is 1. The first-order valence-corrected chi connectivity index (χ1v) is 11.9. The number of amidine groups is 1. The molecule has 5 aromatic rings. The third-order valence-corrected chi connectivity index (χ3v) is 6.33. The van der Waals surface area contributed by atoms with Crippen molar-refractivity contribution < 1.29 is 18.7 Å². The molecule has 3 aromatic carbocycles. The molecule has 0 fully saturated rings. The van der Waals surface area contributed by atoms with Gasteiger partial charge in [-0.05, 0) is 30.3 Å². The van der Waals surface area contributed by atoms with Gasteiger partial charge < -0.3 is 15.2 Å². The van der Waals surface area contributed by atoms with Crippen molar-refractivity contribution in [2.45, 2.75) is 12.5 Å². The summed E-state index contributed by atoms with van der Waals surface area (Å²) in [5, 5.41) is 23.0. The molecule has 39 heavy (non-hydrogen) atoms. The van der Waals surface area contributed by atoms with Crippen molar-refractivity contribution in [3.63, 3.8) is 0 Å². The number of ether oxygens (including phenoxy) is 2. The van der Waals surface area contributed by atoms with Crippen LogP contribution in [0.3, 0.4) is 0 Å². The summed E-state index contributed by atoms with van der Waals surface area (Å²) < 4.78 is 27.1. The maximum atomic E-state index is 13.6. The molecule has 1 unspecified atom stereocenters. The molecular weight excluding hydrogens is 499 g/mol. The zero-order chi connectivity index (χ0) is 27.7. The first-order valence-electron chi connectivity index (χ1n) is 11.9. The number of carbonyl (C=O) groups excluding carboxylic acids is 1. The average molecular weight is 523 g/mol. The number of hydrogen-bond acceptors (Lipinski definition) is 7. The fourth-order valence-corrected chi connectivity index (χ4v) is 4.46. The lowest BCUT2D eigenvalue weighted by Crippen LogP contribution is -2.24. The maximum absolute atomic E-state index is 13.6. The molecule has 0 radical (unpaired) electrons. The van der Waals surface area contributed by atoms with Gasteiger partial charge in [-0.25, -0.2) is 4.39 Å². The van der Waals surface area contributed by atoms with Crippen LogP contribution in [0.1, 0.15) is 23.7 Å². The van der Waals surface area contributed by atoms with Crippen LogP contribution in [0.25, 0.3) is 33.1 Å². The quantitative estimate of drug-likeness (QED) is 0.220. The predicted molar refractivity (Wildman–Crippen MR) is 144 cm³/mol. The summed E-state index contributed by atoms with van der Waals surface area (Å²) in [7, 11) is 3.29. The largest absolute Gasteiger partial charge is 0.493 e. The number of hydrogen-bond donors (Lipinski definition) is 2. The van der Waals surface area contributed by atoms with Crippen LogP contribution in [0.2, 0.25) is 0 Å². The number of aryl methyl sites for hydroxylation is 1. The highest BCUT2D eigenvalue weighted by molar-refractivity contribution is 6.12. The van der Waals surface area contributed by atoms with Gasteiger partial charge in [-0.1, -0.05) is 24.3 Å². The number of pyridine rings is 1. The van der Waals surface area contributed by atoms with E-state index in [0.29, 0.717) is 33.5 Å². The van der Waals surface area contributed by atoms with Gasteiger partial charge >= 0.3 is 0 Å². The van der Waals surface area contributed by atoms with E-state index in [4.69, 9.17) is 25.7 Å². The Hall–Kier alpha value is -5.30. The summed E-state index contributed by atoms with van der Waals surface area (Å²) in [6.07, 6.45) is 0.213. The van der Waals surface area contributed by atoms with E-state index in [1.807, 2.05) is 19.2 Å². The summed E-state index contributed by atoms with van der Waals surface area (Å²) >= 11 is 0. The van der Waals surface area contributed by atoms with Crippen molar-refractivity contribution in [1.82, 2.24) is 14.8 Å². The summed E-state index contributed by atoms with van der Waals surface area (Å²) in [5.74, 6) is -0.650. The Kier molecular flexibility index (Phi) is 6.64. The smallest absolute Gasteiger partial charge is 0.185 e. The number of Topliss-reactive ketones (excluding diaryl/α,β-unsaturated/α-hetero) is 1. The molecule has 5 rings (SSSR count). The van der Waals surface area contributed by atoms with E-state index in [9.17, 15) is 14.4 Å². The number of nitrogens with one attached hydrogen (secondary N) is 1. The minimum absolute atomic E-state index is 0.250. The van der Waals surface area contributed by atoms with E-state index in [0.717, 1.165) is 16.5 Å². The summed E-state index contributed by atoms with van der Waals surface area (Å²) in [5.41, 5.74) is 9.31. The average Bonchev–Trinajstić information content (AvgIpc) is 3.28. The Balaban J connectivity index is 1.69. The van der Waals surface area contributed by atoms with Crippen LogP contribution in [0.5, 0.6) is 11.5 Å². The standard InChI is InChI=1S/C29H23FN6O3/c1-36-22-15-34-21-12-24(38-2)25(39-29(23(37)13-26(32)33)18-7-9-19(30)10-8-18)11-20(21)27(22)28(35-36)17-5-3-16(14-31)4-6-17/h3-12,15,29H,13H2,1-2H3,(H3,32,33). The van der Waals surface area contributed by atoms with E-state index in [1.54, 1.807) is 35.1 Å². The molecule has 0 spiro atoms. The molecule has 9 nitrogen and oxygen atoms in total. The second kappa shape index (κ2) is 10.2. The molecule has 0 saturated carbocycles. The Labute approximate surface area is 222 Å². The molecule has 0 aliphatic heterocycles. The fraction of sp³-hybridized carbons (Fsp3) is 0.138. The lowest BCUT2D eigenvalue weighted by atomic mass is 10.0. The lowest BCUT2D eigenvalue weighted by Gasteiger charge is -2.20. The topological polar surface area (TPSA) is 140 Å². The second-order valence-electron chi connectivity index (χ2n) is 8.92. The number of benzene rings is 3. The third-order valence-electron chi connectivity index (χ3n) is 6.33. The fourth-order valence-electron chi connectivity index (χ4n) is 4.46. The molecule has 10 heteroatoms. The molecule has 0 aliphatic rings. The maximum Gasteiger partial charge on any atom is 0.185 e. The van der Waals surface area contributed by atoms with Crippen LogP contribution in [0, 0.1) is 22.6 Å². The highest BCUT2D eigenvalue weighted by Gasteiger charge is 2.26. The van der Waals surface area contributed by atoms with E-state index in [2.05, 4.69) is 11.1 Å². The van der Waals surface area contributed by atoms with Crippen molar-refractivity contribution in [2.75, 3.05) is 7.11 Å². The van der Waals surface area contributed by atoms with Crippen LogP contribution in [-0.2, 0) is 11.8 Å². The second-order valence-corrected chi connectivity index (χ2v) is 8.92. The Morgan fingerprint density at radius 2 is 1.87 bits per heavy atom. The van der Waals surface area contributed by atoms with Crippen molar-refractivity contribution in [3.8, 4) is 28.8 Å². The number of carbonyl (C=O) groups is 1. The molecule has 1 atom stereocenters. The third kappa shape index (κ3) is 4.85. The Morgan fingerprint density at radius 1 is 1.15 bits per heavy atom. The van der Waals surface area contributed by atoms with Crippen molar-refractivity contribution in [2.24, 2.45) is 12.8 Å². The minimum Gasteiger partial charge on any atom is -0.493 e. The molecular formula is C29H23FN6O3. The number of aromatic nitrogens is 3. The predicted octanol–water partition coefficient (Wildman–Crippen LogP) is 4.82. The zero-order valence-electron chi connectivity index (χ0n) is 21.1. The van der Waals surface area contributed by atoms with Crippen LogP contribution >= 0.6 is 0 Å². The van der Waals surface area contributed by atoms with E-state index in [1.165, 1.54) is 31.4 Å². The van der Waals surface area contributed by atoms with Gasteiger partial charge in [0.1, 0.15) is 11.5 Å². The van der Waals surface area contributed by atoms with Crippen LogP contribution in [0.4, 0.5) is 4.39 Å². The SMILES string of the molecule is COc1cc2ncc3c(c(-c4ccc(C#N)cc4)nn3C)c2cc1OC(C(=O)CC(=N)N)c1ccc(F)cc1. The molecule has 3 N–H and O–H groups in total. The van der Waals surface area contributed by atoms with Gasteiger partial charge in [0, 0.05) is 35.0 Å². The van der Waals surface area contributed by atoms with Gasteiger partial charge in [-0.15, -0.1) is 0 Å². The summed E-state index contributed by atoms with van der Waals surface area (Å²) in [6, 6.07) is 18.0. The van der Waals surface area contributed by atoms with Crippen molar-refractivity contribution >= 4 is 33.4 Å². The van der Waals surface area contributed by atoms with Gasteiger partial charge in [0.15, 0.2) is 23.4 Å². The number of halogens is 1. The van der Waals surface area contributed by atoms with Gasteiger partial charge in [0.05, 0.1) is 48.2 Å². The van der Waals surface area contributed by atoms with Gasteiger partial charge in [-0.3, -0.25) is 19.9 Å². The van der Waals surface area contributed by atoms with Crippen LogP contribution in [-0.4, -0.2) is 33.5 Å². The number of nitriles is 1. The molecule has 0 aliphatic carbocycles. The first-order chi connectivity index (χ1) is 18.8. The number of nitrogens with zero attached hydrogens (tertiary/aromatic N) is 4. The lowest BCUT2D eigenvalue weighted by molar-refractivity contribution is -0.124. The Morgan fingerprint density at radius 3 is 2.51 bits per heavy atom. The van der Waals surface area contributed by atoms with Crippen LogP contribution < -0.4 is 15.2 Å². The molecule has 194 valence electrons. The highest BCUT2D eigenvalue weighted by atomic mass is 19.1. The van der Waals surface area contributed by atoms with Gasteiger partial charge in [0.25, 0.3) is 0 Å². The van der Waals surface area contributed by atoms with Gasteiger partial charge in [0.2, 0.25) is 0 Å². The summed E-state index contributed by atoms with van der Waals surface area (Å²) in [6.45, 7) is 0. The van der Waals surface area contributed by atoms with E-state index in [-0.39, 0.29) is 18.0 Å². The number of ketones is 1. The van der Waals surface area contributed by atoms with Crippen LogP contribution in [0.15, 0.2) is 66.9 Å². The number of fused-ring (bicyclic) bond motifs is 3. The van der Waals surface area contributed by atoms with Crippen molar-refractivity contribution in [3.05, 3.63) is 83.8 Å². The van der Waals surface area contributed by atoms with Gasteiger partial charge in [-0.2, -0.15) is 10.4 Å². The minimum atomic E-state index is -1.17. The number of rotatable bonds is 8. The molecule has 2 heterocycles. The van der Waals surface area contributed by atoms with E-state index < -0.39 is 17.7 Å².